The molecule has 0 aromatic rings. The molecule has 0 radical (unpaired) electrons. The molecule has 4 heteroatoms. The predicted octanol–water partition coefficient (Wildman–Crippen LogP) is 3.19. The SMILES string of the molecule is CCC1C2CC(C(=O)OC3C(=O)OCC3(C)C)C(C2)C1CC. The summed E-state index contributed by atoms with van der Waals surface area (Å²) in [6.45, 7) is 8.65. The van der Waals surface area contributed by atoms with Crippen LogP contribution in [-0.4, -0.2) is 24.6 Å². The fraction of sp³-hybridized carbons (Fsp3) is 0.889. The summed E-state index contributed by atoms with van der Waals surface area (Å²) >= 11 is 0. The summed E-state index contributed by atoms with van der Waals surface area (Å²) in [6, 6.07) is 0. The van der Waals surface area contributed by atoms with Crippen LogP contribution < -0.4 is 0 Å². The second-order valence-corrected chi connectivity index (χ2v) is 8.06. The van der Waals surface area contributed by atoms with Gasteiger partial charge in [0.05, 0.1) is 5.92 Å². The highest BCUT2D eigenvalue weighted by atomic mass is 16.6. The van der Waals surface area contributed by atoms with Gasteiger partial charge in [-0.3, -0.25) is 4.79 Å². The van der Waals surface area contributed by atoms with E-state index in [1.165, 1.54) is 6.42 Å². The fourth-order valence-corrected chi connectivity index (χ4v) is 5.25. The van der Waals surface area contributed by atoms with Crippen molar-refractivity contribution in [3.05, 3.63) is 0 Å². The van der Waals surface area contributed by atoms with Crippen LogP contribution in [-0.2, 0) is 19.1 Å². The van der Waals surface area contributed by atoms with E-state index < -0.39 is 11.5 Å². The van der Waals surface area contributed by atoms with Gasteiger partial charge < -0.3 is 9.47 Å². The minimum Gasteiger partial charge on any atom is -0.462 e. The van der Waals surface area contributed by atoms with Gasteiger partial charge in [-0.05, 0) is 36.5 Å². The van der Waals surface area contributed by atoms with Gasteiger partial charge in [-0.15, -0.1) is 0 Å². The average Bonchev–Trinajstić information content (AvgIpc) is 3.13. The predicted molar refractivity (Wildman–Crippen MR) is 81.9 cm³/mol. The summed E-state index contributed by atoms with van der Waals surface area (Å²) in [6.07, 6.45) is 3.72. The van der Waals surface area contributed by atoms with Gasteiger partial charge in [0.15, 0.2) is 0 Å². The fourth-order valence-electron chi connectivity index (χ4n) is 5.25. The van der Waals surface area contributed by atoms with Crippen molar-refractivity contribution in [2.24, 2.45) is 35.0 Å². The molecule has 2 bridgehead atoms. The van der Waals surface area contributed by atoms with E-state index in [-0.39, 0.29) is 17.9 Å². The molecular formula is C18H28O4. The molecule has 0 amide bonds. The van der Waals surface area contributed by atoms with Gasteiger partial charge in [0.2, 0.25) is 6.10 Å². The number of esters is 2. The molecule has 124 valence electrons. The standard InChI is InChI=1S/C18H28O4/c1-5-11-10-7-13(12(11)6-2)14(8-10)16(19)22-15-17(20)21-9-18(15,3)4/h10-15H,5-9H2,1-4H3. The second-order valence-electron chi connectivity index (χ2n) is 8.06. The lowest BCUT2D eigenvalue weighted by Crippen LogP contribution is -2.39. The van der Waals surface area contributed by atoms with Crippen molar-refractivity contribution in [3.63, 3.8) is 0 Å². The molecule has 6 unspecified atom stereocenters. The first-order chi connectivity index (χ1) is 10.4. The van der Waals surface area contributed by atoms with Crippen molar-refractivity contribution >= 4 is 11.9 Å². The molecule has 0 aromatic carbocycles. The van der Waals surface area contributed by atoms with Crippen LogP contribution in [0.5, 0.6) is 0 Å². The number of ether oxygens (including phenoxy) is 2. The van der Waals surface area contributed by atoms with Gasteiger partial charge in [-0.2, -0.15) is 0 Å². The molecule has 0 spiro atoms. The summed E-state index contributed by atoms with van der Waals surface area (Å²) in [5.41, 5.74) is -0.416. The van der Waals surface area contributed by atoms with Gasteiger partial charge in [0.1, 0.15) is 6.61 Å². The molecule has 3 rings (SSSR count). The number of cyclic esters (lactones) is 1. The largest absolute Gasteiger partial charge is 0.462 e. The minimum absolute atomic E-state index is 0.0121. The van der Waals surface area contributed by atoms with Crippen LogP contribution in [0.1, 0.15) is 53.4 Å². The summed E-state index contributed by atoms with van der Waals surface area (Å²) in [4.78, 5) is 24.5. The Balaban J connectivity index is 1.69. The summed E-state index contributed by atoms with van der Waals surface area (Å²) < 4.78 is 10.7. The molecular weight excluding hydrogens is 280 g/mol. The molecule has 3 aliphatic rings. The lowest BCUT2D eigenvalue weighted by atomic mass is 9.72. The van der Waals surface area contributed by atoms with Crippen molar-refractivity contribution in [1.82, 2.24) is 0 Å². The molecule has 4 nitrogen and oxygen atoms in total. The third-order valence-corrected chi connectivity index (χ3v) is 6.34. The molecule has 1 heterocycles. The van der Waals surface area contributed by atoms with Crippen LogP contribution in [0, 0.1) is 35.0 Å². The minimum atomic E-state index is -0.735. The summed E-state index contributed by atoms with van der Waals surface area (Å²) in [5.74, 6) is 1.96. The van der Waals surface area contributed by atoms with E-state index in [1.54, 1.807) is 0 Å². The van der Waals surface area contributed by atoms with Gasteiger partial charge in [0, 0.05) is 5.41 Å². The van der Waals surface area contributed by atoms with E-state index >= 15 is 0 Å². The third-order valence-electron chi connectivity index (χ3n) is 6.34. The molecule has 6 atom stereocenters. The van der Waals surface area contributed by atoms with Crippen molar-refractivity contribution in [2.45, 2.75) is 59.5 Å². The Hall–Kier alpha value is -1.06. The first-order valence-electron chi connectivity index (χ1n) is 8.76. The number of hydrogen-bond donors (Lipinski definition) is 0. The normalized spacial score (nSPS) is 42.5. The topological polar surface area (TPSA) is 52.6 Å². The van der Waals surface area contributed by atoms with Crippen molar-refractivity contribution in [3.8, 4) is 0 Å². The van der Waals surface area contributed by atoms with Crippen LogP contribution in [0.25, 0.3) is 0 Å². The number of fused-ring (bicyclic) bond motifs is 2. The van der Waals surface area contributed by atoms with Crippen LogP contribution in [0.3, 0.4) is 0 Å². The molecule has 3 fully saturated rings. The van der Waals surface area contributed by atoms with Crippen molar-refractivity contribution < 1.29 is 19.1 Å². The monoisotopic (exact) mass is 308 g/mol. The maximum Gasteiger partial charge on any atom is 0.348 e. The Morgan fingerprint density at radius 1 is 1.23 bits per heavy atom. The van der Waals surface area contributed by atoms with Crippen LogP contribution in [0.2, 0.25) is 0 Å². The van der Waals surface area contributed by atoms with E-state index in [4.69, 9.17) is 9.47 Å². The Morgan fingerprint density at radius 2 is 1.91 bits per heavy atom. The zero-order valence-corrected chi connectivity index (χ0v) is 14.1. The van der Waals surface area contributed by atoms with Gasteiger partial charge >= 0.3 is 11.9 Å². The molecule has 0 N–H and O–H groups in total. The molecule has 1 aliphatic heterocycles. The lowest BCUT2D eigenvalue weighted by Gasteiger charge is -2.34. The second kappa shape index (κ2) is 5.54. The van der Waals surface area contributed by atoms with E-state index in [9.17, 15) is 9.59 Å². The van der Waals surface area contributed by atoms with E-state index in [0.29, 0.717) is 24.4 Å². The quantitative estimate of drug-likeness (QED) is 0.748. The number of carbonyl (C=O) groups excluding carboxylic acids is 2. The first kappa shape index (κ1) is 15.8. The zero-order chi connectivity index (χ0) is 16.1. The highest BCUT2D eigenvalue weighted by molar-refractivity contribution is 5.83. The highest BCUT2D eigenvalue weighted by Gasteiger charge is 2.55. The Kier molecular flexibility index (Phi) is 3.98. The molecule has 22 heavy (non-hydrogen) atoms. The van der Waals surface area contributed by atoms with Gasteiger partial charge in [0.25, 0.3) is 0 Å². The lowest BCUT2D eigenvalue weighted by molar-refractivity contribution is -0.168. The number of carbonyl (C=O) groups is 2. The molecule has 2 saturated carbocycles. The zero-order valence-electron chi connectivity index (χ0n) is 14.1. The van der Waals surface area contributed by atoms with E-state index in [2.05, 4.69) is 13.8 Å². The molecule has 1 saturated heterocycles. The molecule has 2 aliphatic carbocycles. The van der Waals surface area contributed by atoms with E-state index in [1.807, 2.05) is 13.8 Å². The van der Waals surface area contributed by atoms with Crippen LogP contribution in [0.15, 0.2) is 0 Å². The maximum absolute atomic E-state index is 12.7. The smallest absolute Gasteiger partial charge is 0.348 e. The Labute approximate surface area is 132 Å². The maximum atomic E-state index is 12.7. The average molecular weight is 308 g/mol. The number of rotatable bonds is 4. The summed E-state index contributed by atoms with van der Waals surface area (Å²) in [5, 5.41) is 0. The first-order valence-corrected chi connectivity index (χ1v) is 8.76. The third kappa shape index (κ3) is 2.35. The Morgan fingerprint density at radius 3 is 2.45 bits per heavy atom. The molecule has 0 aromatic heterocycles. The van der Waals surface area contributed by atoms with Gasteiger partial charge in [-0.25, -0.2) is 4.79 Å². The Bertz CT molecular complexity index is 470. The summed E-state index contributed by atoms with van der Waals surface area (Å²) in [7, 11) is 0. The van der Waals surface area contributed by atoms with Crippen molar-refractivity contribution in [1.29, 1.82) is 0 Å². The van der Waals surface area contributed by atoms with Crippen LogP contribution in [0.4, 0.5) is 0 Å². The van der Waals surface area contributed by atoms with E-state index in [0.717, 1.165) is 25.2 Å². The van der Waals surface area contributed by atoms with Crippen molar-refractivity contribution in [2.75, 3.05) is 6.61 Å². The number of hydrogen-bond acceptors (Lipinski definition) is 4. The van der Waals surface area contributed by atoms with Gasteiger partial charge in [-0.1, -0.05) is 40.5 Å². The highest BCUT2D eigenvalue weighted by Crippen LogP contribution is 2.57. The van der Waals surface area contributed by atoms with Crippen LogP contribution >= 0.6 is 0 Å².